The Bertz CT molecular complexity index is 1360. The molecule has 1 amide bonds. The summed E-state index contributed by atoms with van der Waals surface area (Å²) in [4.78, 5) is 12.9. The topological polar surface area (TPSA) is 85.4 Å². The van der Waals surface area contributed by atoms with E-state index in [1.807, 2.05) is 6.07 Å². The Morgan fingerprint density at radius 1 is 0.973 bits per heavy atom. The highest BCUT2D eigenvalue weighted by Crippen LogP contribution is 2.40. The number of benzene rings is 3. The number of methoxy groups -OCH3 is 1. The molecule has 37 heavy (non-hydrogen) atoms. The second-order valence-corrected chi connectivity index (χ2v) is 11.2. The van der Waals surface area contributed by atoms with Crippen molar-refractivity contribution < 1.29 is 27.4 Å². The molecule has 3 aromatic rings. The third-order valence-corrected chi connectivity index (χ3v) is 8.49. The second-order valence-electron chi connectivity index (χ2n) is 9.02. The van der Waals surface area contributed by atoms with Crippen LogP contribution in [0.1, 0.15) is 30.9 Å². The second kappa shape index (κ2) is 10.5. The molecule has 1 aliphatic heterocycles. The highest BCUT2D eigenvalue weighted by atomic mass is 35.5. The first-order valence-corrected chi connectivity index (χ1v) is 13.8. The van der Waals surface area contributed by atoms with E-state index in [2.05, 4.69) is 0 Å². The van der Waals surface area contributed by atoms with E-state index in [4.69, 9.17) is 25.8 Å². The molecule has 0 N–H and O–H groups in total. The van der Waals surface area contributed by atoms with E-state index in [0.717, 1.165) is 23.6 Å². The summed E-state index contributed by atoms with van der Waals surface area (Å²) >= 11 is 5.93. The summed E-state index contributed by atoms with van der Waals surface area (Å²) in [7, 11) is -2.67. The van der Waals surface area contributed by atoms with Crippen LogP contribution in [0.3, 0.4) is 0 Å². The van der Waals surface area contributed by atoms with Crippen LogP contribution in [0.5, 0.6) is 17.2 Å². The minimum atomic E-state index is -4.21. The minimum Gasteiger partial charge on any atom is -0.497 e. The van der Waals surface area contributed by atoms with Gasteiger partial charge in [0.1, 0.15) is 17.2 Å². The predicted octanol–water partition coefficient (Wildman–Crippen LogP) is 6.19. The van der Waals surface area contributed by atoms with Crippen LogP contribution >= 0.6 is 11.6 Å². The van der Waals surface area contributed by atoms with Crippen molar-refractivity contribution in [3.05, 3.63) is 83.4 Å². The van der Waals surface area contributed by atoms with E-state index in [0.29, 0.717) is 39.4 Å². The Hall–Kier alpha value is -3.43. The lowest BCUT2D eigenvalue weighted by Crippen LogP contribution is -2.37. The van der Waals surface area contributed by atoms with Crippen molar-refractivity contribution in [1.29, 1.82) is 0 Å². The average molecular weight is 543 g/mol. The van der Waals surface area contributed by atoms with Gasteiger partial charge in [0, 0.05) is 5.02 Å². The standard InChI is InChI=1S/C27H27ClN2O6S/c1-34-25-4-2-3-20(17-25)26-18-29(27(31)35-16-15-19-5-6-19)37(32,33)30(26)22-9-13-24(14-10-22)36-23-11-7-21(28)8-12-23/h2-4,7-14,17,19,26H,5-6,15-16,18H2,1H3/t26-/m1/s1. The van der Waals surface area contributed by atoms with Crippen LogP contribution in [0.15, 0.2) is 72.8 Å². The zero-order chi connectivity index (χ0) is 26.0. The summed E-state index contributed by atoms with van der Waals surface area (Å²) in [5.74, 6) is 2.28. The largest absolute Gasteiger partial charge is 0.497 e. The van der Waals surface area contributed by atoms with Crippen molar-refractivity contribution in [3.63, 3.8) is 0 Å². The number of nitrogens with zero attached hydrogens (tertiary/aromatic N) is 2. The zero-order valence-electron chi connectivity index (χ0n) is 20.2. The highest BCUT2D eigenvalue weighted by Gasteiger charge is 2.48. The zero-order valence-corrected chi connectivity index (χ0v) is 21.8. The average Bonchev–Trinajstić information content (AvgIpc) is 3.68. The summed E-state index contributed by atoms with van der Waals surface area (Å²) in [6.45, 7) is 0.122. The molecule has 10 heteroatoms. The molecular weight excluding hydrogens is 516 g/mol. The van der Waals surface area contributed by atoms with Crippen LogP contribution in [0.4, 0.5) is 10.5 Å². The SMILES string of the molecule is COc1cccc([C@H]2CN(C(=O)OCCC3CC3)S(=O)(=O)N2c2ccc(Oc3ccc(Cl)cc3)cc2)c1. The number of anilines is 1. The van der Waals surface area contributed by atoms with E-state index in [9.17, 15) is 13.2 Å². The minimum absolute atomic E-state index is 0.0826. The van der Waals surface area contributed by atoms with Gasteiger partial charge < -0.3 is 14.2 Å². The van der Waals surface area contributed by atoms with Gasteiger partial charge in [-0.2, -0.15) is 12.7 Å². The van der Waals surface area contributed by atoms with Crippen molar-refractivity contribution in [1.82, 2.24) is 4.31 Å². The van der Waals surface area contributed by atoms with Crippen molar-refractivity contribution in [2.45, 2.75) is 25.3 Å². The summed E-state index contributed by atoms with van der Waals surface area (Å²) in [6, 6.07) is 20.1. The fourth-order valence-electron chi connectivity index (χ4n) is 4.26. The van der Waals surface area contributed by atoms with Crippen LogP contribution in [0.25, 0.3) is 0 Å². The summed E-state index contributed by atoms with van der Waals surface area (Å²) in [5.41, 5.74) is 1.09. The fourth-order valence-corrected chi connectivity index (χ4v) is 6.06. The molecule has 0 spiro atoms. The van der Waals surface area contributed by atoms with Crippen molar-refractivity contribution in [2.75, 3.05) is 24.6 Å². The van der Waals surface area contributed by atoms with Gasteiger partial charge >= 0.3 is 16.3 Å². The first kappa shape index (κ1) is 25.2. The highest BCUT2D eigenvalue weighted by molar-refractivity contribution is 7.91. The third kappa shape index (κ3) is 5.62. The Balaban J connectivity index is 1.42. The predicted molar refractivity (Wildman–Crippen MR) is 140 cm³/mol. The van der Waals surface area contributed by atoms with Gasteiger partial charge in [0.2, 0.25) is 0 Å². The Morgan fingerprint density at radius 3 is 2.30 bits per heavy atom. The lowest BCUT2D eigenvalue weighted by molar-refractivity contribution is 0.124. The molecule has 1 saturated heterocycles. The number of rotatable bonds is 8. The maximum Gasteiger partial charge on any atom is 0.425 e. The number of amides is 1. The van der Waals surface area contributed by atoms with Crippen LogP contribution in [-0.2, 0) is 14.9 Å². The molecule has 1 heterocycles. The lowest BCUT2D eigenvalue weighted by atomic mass is 10.1. The van der Waals surface area contributed by atoms with E-state index in [-0.39, 0.29) is 13.2 Å². The van der Waals surface area contributed by atoms with Crippen molar-refractivity contribution >= 4 is 33.6 Å². The maximum atomic E-state index is 13.7. The van der Waals surface area contributed by atoms with Gasteiger partial charge in [0.15, 0.2) is 0 Å². The molecule has 1 saturated carbocycles. The van der Waals surface area contributed by atoms with Crippen molar-refractivity contribution in [2.24, 2.45) is 5.92 Å². The number of ether oxygens (including phenoxy) is 3. The van der Waals surface area contributed by atoms with Gasteiger partial charge in [-0.15, -0.1) is 0 Å². The molecule has 1 aliphatic carbocycles. The smallest absolute Gasteiger partial charge is 0.425 e. The van der Waals surface area contributed by atoms with Crippen LogP contribution in [0.2, 0.25) is 5.02 Å². The van der Waals surface area contributed by atoms with Crippen LogP contribution in [0, 0.1) is 5.92 Å². The van der Waals surface area contributed by atoms with E-state index in [1.54, 1.807) is 73.8 Å². The van der Waals surface area contributed by atoms with Gasteiger partial charge in [0.25, 0.3) is 0 Å². The fraction of sp³-hybridized carbons (Fsp3) is 0.296. The number of hydrogen-bond donors (Lipinski definition) is 0. The van der Waals surface area contributed by atoms with Gasteiger partial charge in [-0.1, -0.05) is 36.6 Å². The van der Waals surface area contributed by atoms with Crippen LogP contribution < -0.4 is 13.8 Å². The molecule has 3 aromatic carbocycles. The van der Waals surface area contributed by atoms with Gasteiger partial charge in [-0.05, 0) is 78.6 Å². The molecule has 1 atom stereocenters. The summed E-state index contributed by atoms with van der Waals surface area (Å²) in [5, 5.41) is 0.598. The molecule has 5 rings (SSSR count). The molecular formula is C27H27ClN2O6S. The Morgan fingerprint density at radius 2 is 1.65 bits per heavy atom. The quantitative estimate of drug-likeness (QED) is 0.337. The van der Waals surface area contributed by atoms with E-state index >= 15 is 0 Å². The van der Waals surface area contributed by atoms with Crippen LogP contribution in [-0.4, -0.2) is 39.1 Å². The summed E-state index contributed by atoms with van der Waals surface area (Å²) < 4.78 is 45.9. The molecule has 2 fully saturated rings. The third-order valence-electron chi connectivity index (χ3n) is 6.42. The monoisotopic (exact) mass is 542 g/mol. The Labute approximate surface area is 221 Å². The molecule has 0 unspecified atom stereocenters. The molecule has 194 valence electrons. The first-order chi connectivity index (χ1) is 17.8. The van der Waals surface area contributed by atoms with Gasteiger partial charge in [-0.25, -0.2) is 9.10 Å². The summed E-state index contributed by atoms with van der Waals surface area (Å²) in [6.07, 6.45) is 2.14. The molecule has 2 aliphatic rings. The van der Waals surface area contributed by atoms with Gasteiger partial charge in [-0.3, -0.25) is 0 Å². The molecule has 0 radical (unpaired) electrons. The normalized spacial score (nSPS) is 18.5. The van der Waals surface area contributed by atoms with Crippen molar-refractivity contribution in [3.8, 4) is 17.2 Å². The number of carbonyl (C=O) groups is 1. The molecule has 8 nitrogen and oxygen atoms in total. The van der Waals surface area contributed by atoms with E-state index in [1.165, 1.54) is 4.31 Å². The van der Waals surface area contributed by atoms with Gasteiger partial charge in [0.05, 0.1) is 32.0 Å². The Kier molecular flexibility index (Phi) is 7.17. The number of hydrogen-bond acceptors (Lipinski definition) is 6. The van der Waals surface area contributed by atoms with E-state index < -0.39 is 22.3 Å². The molecule has 0 bridgehead atoms. The first-order valence-electron chi connectivity index (χ1n) is 12.0. The number of carbonyl (C=O) groups excluding carboxylic acids is 1. The molecule has 0 aromatic heterocycles. The lowest BCUT2D eigenvalue weighted by Gasteiger charge is -2.24. The number of halogens is 1. The maximum absolute atomic E-state index is 13.7.